The fraction of sp³-hybridized carbons (Fsp3) is 0.300. The molecule has 1 rings (SSSR count). The van der Waals surface area contributed by atoms with Crippen molar-refractivity contribution in [2.24, 2.45) is 5.14 Å². The van der Waals surface area contributed by atoms with Crippen LogP contribution in [0.5, 0.6) is 5.75 Å². The molecule has 0 aliphatic rings. The molecule has 0 aromatic heterocycles. The van der Waals surface area contributed by atoms with Crippen LogP contribution >= 0.6 is 0 Å². The number of anilines is 1. The molecule has 0 atom stereocenters. The van der Waals surface area contributed by atoms with E-state index in [2.05, 4.69) is 0 Å². The summed E-state index contributed by atoms with van der Waals surface area (Å²) in [5, 5.41) is 5.03. The molecule has 0 unspecified atom stereocenters. The summed E-state index contributed by atoms with van der Waals surface area (Å²) in [4.78, 5) is 11.6. The van der Waals surface area contributed by atoms with Gasteiger partial charge in [-0.2, -0.15) is 12.7 Å². The number of ether oxygens (including phenoxy) is 1. The molecule has 0 aliphatic heterocycles. The molecule has 6 nitrogen and oxygen atoms in total. The highest BCUT2D eigenvalue weighted by molar-refractivity contribution is 7.91. The molecule has 0 fully saturated rings. The maximum absolute atomic E-state index is 11.6. The summed E-state index contributed by atoms with van der Waals surface area (Å²) < 4.78 is 28.4. The first-order chi connectivity index (χ1) is 7.91. The lowest BCUT2D eigenvalue weighted by Crippen LogP contribution is -2.41. The molecule has 17 heavy (non-hydrogen) atoms. The second kappa shape index (κ2) is 5.15. The van der Waals surface area contributed by atoms with Crippen LogP contribution in [0.25, 0.3) is 0 Å². The number of hydrogen-bond acceptors (Lipinski definition) is 4. The van der Waals surface area contributed by atoms with Crippen LogP contribution in [-0.4, -0.2) is 21.4 Å². The van der Waals surface area contributed by atoms with Gasteiger partial charge in [-0.05, 0) is 12.1 Å². The largest absolute Gasteiger partial charge is 0.495 e. The van der Waals surface area contributed by atoms with E-state index >= 15 is 0 Å². The Kier molecular flexibility index (Phi) is 4.08. The summed E-state index contributed by atoms with van der Waals surface area (Å²) in [5.74, 6) is -0.347. The molecule has 1 aromatic rings. The molecule has 1 aromatic carbocycles. The van der Waals surface area contributed by atoms with Crippen molar-refractivity contribution in [1.29, 1.82) is 0 Å². The second-order valence-electron chi connectivity index (χ2n) is 3.23. The quantitative estimate of drug-likeness (QED) is 0.858. The summed E-state index contributed by atoms with van der Waals surface area (Å²) in [6.07, 6.45) is 0.0223. The predicted molar refractivity (Wildman–Crippen MR) is 63.9 cm³/mol. The number of amides is 1. The predicted octanol–water partition coefficient (Wildman–Crippen LogP) is 0.642. The van der Waals surface area contributed by atoms with Crippen molar-refractivity contribution in [3.8, 4) is 5.75 Å². The molecule has 0 radical (unpaired) electrons. The Labute approximate surface area is 100 Å². The van der Waals surface area contributed by atoms with Gasteiger partial charge < -0.3 is 4.74 Å². The van der Waals surface area contributed by atoms with E-state index in [-0.39, 0.29) is 17.9 Å². The average Bonchev–Trinajstić information content (AvgIpc) is 2.28. The number of carbonyl (C=O) groups excluding carboxylic acids is 1. The van der Waals surface area contributed by atoms with E-state index in [1.54, 1.807) is 25.1 Å². The number of hydrogen-bond donors (Lipinski definition) is 1. The Morgan fingerprint density at radius 3 is 2.47 bits per heavy atom. The van der Waals surface area contributed by atoms with Crippen LogP contribution in [0.3, 0.4) is 0 Å². The topological polar surface area (TPSA) is 89.7 Å². The smallest absolute Gasteiger partial charge is 0.305 e. The highest BCUT2D eigenvalue weighted by Gasteiger charge is 2.27. The first-order valence-electron chi connectivity index (χ1n) is 4.90. The van der Waals surface area contributed by atoms with Crippen LogP contribution in [-0.2, 0) is 15.0 Å². The minimum Gasteiger partial charge on any atom is -0.495 e. The first-order valence-corrected chi connectivity index (χ1v) is 6.41. The van der Waals surface area contributed by atoms with Gasteiger partial charge >= 0.3 is 10.2 Å². The van der Waals surface area contributed by atoms with Gasteiger partial charge in [0.15, 0.2) is 0 Å². The van der Waals surface area contributed by atoms with Crippen LogP contribution < -0.4 is 14.2 Å². The highest BCUT2D eigenvalue weighted by atomic mass is 32.2. The van der Waals surface area contributed by atoms with Crippen LogP contribution in [0.4, 0.5) is 5.69 Å². The van der Waals surface area contributed by atoms with Gasteiger partial charge in [-0.15, -0.1) is 0 Å². The molecule has 2 N–H and O–H groups in total. The molecule has 0 spiro atoms. The fourth-order valence-corrected chi connectivity index (χ4v) is 2.19. The van der Waals surface area contributed by atoms with Crippen molar-refractivity contribution in [3.63, 3.8) is 0 Å². The van der Waals surface area contributed by atoms with E-state index in [4.69, 9.17) is 9.88 Å². The van der Waals surface area contributed by atoms with E-state index in [1.807, 2.05) is 0 Å². The lowest BCUT2D eigenvalue weighted by Gasteiger charge is -2.21. The van der Waals surface area contributed by atoms with E-state index in [9.17, 15) is 13.2 Å². The van der Waals surface area contributed by atoms with E-state index in [0.717, 1.165) is 0 Å². The fourth-order valence-electron chi connectivity index (χ4n) is 1.35. The number of nitrogens with two attached hydrogens (primary N) is 1. The van der Waals surface area contributed by atoms with Crippen molar-refractivity contribution < 1.29 is 17.9 Å². The number of para-hydroxylation sites is 2. The Bertz CT molecular complexity index is 513. The van der Waals surface area contributed by atoms with E-state index in [1.165, 1.54) is 13.2 Å². The van der Waals surface area contributed by atoms with E-state index in [0.29, 0.717) is 4.31 Å². The monoisotopic (exact) mass is 258 g/mol. The summed E-state index contributed by atoms with van der Waals surface area (Å²) in [5.41, 5.74) is 0.115. The Morgan fingerprint density at radius 2 is 2.00 bits per heavy atom. The molecule has 7 heteroatoms. The highest BCUT2D eigenvalue weighted by Crippen LogP contribution is 2.29. The standard InChI is InChI=1S/C10H14N2O4S/c1-3-10(13)12(17(11,14)15)8-6-4-5-7-9(8)16-2/h4-7H,3H2,1-2H3,(H2,11,14,15). The van der Waals surface area contributed by atoms with Crippen LogP contribution in [0.15, 0.2) is 24.3 Å². The minimum atomic E-state index is -4.16. The lowest BCUT2D eigenvalue weighted by atomic mass is 10.3. The zero-order valence-electron chi connectivity index (χ0n) is 9.58. The molecule has 1 amide bonds. The summed E-state index contributed by atoms with van der Waals surface area (Å²) in [7, 11) is -2.77. The summed E-state index contributed by atoms with van der Waals surface area (Å²) in [6.45, 7) is 1.55. The average molecular weight is 258 g/mol. The second-order valence-corrected chi connectivity index (χ2v) is 4.62. The SMILES string of the molecule is CCC(=O)N(c1ccccc1OC)S(N)(=O)=O. The minimum absolute atomic E-state index is 0.0223. The molecule has 0 heterocycles. The molecular weight excluding hydrogens is 244 g/mol. The van der Waals surface area contributed by atoms with Crippen molar-refractivity contribution in [2.75, 3.05) is 11.4 Å². The maximum Gasteiger partial charge on any atom is 0.305 e. The van der Waals surface area contributed by atoms with Crippen LogP contribution in [0.2, 0.25) is 0 Å². The molecule has 0 aliphatic carbocycles. The lowest BCUT2D eigenvalue weighted by molar-refractivity contribution is -0.117. The van der Waals surface area contributed by atoms with Gasteiger partial charge in [0.2, 0.25) is 5.91 Å². The summed E-state index contributed by atoms with van der Waals surface area (Å²) in [6, 6.07) is 6.27. The molecule has 0 bridgehead atoms. The van der Waals surface area contributed by atoms with Gasteiger partial charge in [0.25, 0.3) is 0 Å². The first kappa shape index (κ1) is 13.5. The van der Waals surface area contributed by atoms with Crippen molar-refractivity contribution in [3.05, 3.63) is 24.3 Å². The third-order valence-corrected chi connectivity index (χ3v) is 3.00. The van der Waals surface area contributed by atoms with Crippen LogP contribution in [0, 0.1) is 0 Å². The van der Waals surface area contributed by atoms with Crippen molar-refractivity contribution in [2.45, 2.75) is 13.3 Å². The van der Waals surface area contributed by atoms with Crippen LogP contribution in [0.1, 0.15) is 13.3 Å². The maximum atomic E-state index is 11.6. The third kappa shape index (κ3) is 2.95. The third-order valence-electron chi connectivity index (χ3n) is 2.09. The molecular formula is C10H14N2O4S. The van der Waals surface area contributed by atoms with Gasteiger partial charge in [-0.25, -0.2) is 5.14 Å². The Balaban J connectivity index is 3.38. The number of carbonyl (C=O) groups is 1. The zero-order chi connectivity index (χ0) is 13.1. The molecule has 0 saturated carbocycles. The van der Waals surface area contributed by atoms with Gasteiger partial charge in [0.1, 0.15) is 11.4 Å². The number of nitrogens with zero attached hydrogens (tertiary/aromatic N) is 1. The van der Waals surface area contributed by atoms with Crippen molar-refractivity contribution >= 4 is 21.8 Å². The molecule has 94 valence electrons. The van der Waals surface area contributed by atoms with E-state index < -0.39 is 16.1 Å². The Hall–Kier alpha value is -1.60. The normalized spacial score (nSPS) is 11.0. The Morgan fingerprint density at radius 1 is 1.41 bits per heavy atom. The van der Waals surface area contributed by atoms with Crippen molar-refractivity contribution in [1.82, 2.24) is 0 Å². The molecule has 0 saturated heterocycles. The number of rotatable bonds is 4. The summed E-state index contributed by atoms with van der Waals surface area (Å²) >= 11 is 0. The van der Waals surface area contributed by atoms with Gasteiger partial charge in [-0.1, -0.05) is 19.1 Å². The zero-order valence-corrected chi connectivity index (χ0v) is 10.4. The van der Waals surface area contributed by atoms with Gasteiger partial charge in [-0.3, -0.25) is 4.79 Å². The van der Waals surface area contributed by atoms with Gasteiger partial charge in [0.05, 0.1) is 7.11 Å². The number of methoxy groups -OCH3 is 1. The van der Waals surface area contributed by atoms with Gasteiger partial charge in [0, 0.05) is 6.42 Å². The number of benzene rings is 1.